The van der Waals surface area contributed by atoms with Crippen molar-refractivity contribution in [2.75, 3.05) is 36.5 Å². The van der Waals surface area contributed by atoms with E-state index in [1.807, 2.05) is 31.2 Å². The van der Waals surface area contributed by atoms with Gasteiger partial charge in [-0.2, -0.15) is 0 Å². The summed E-state index contributed by atoms with van der Waals surface area (Å²) < 4.78 is 11.4. The molecule has 160 valence electrons. The molecule has 1 saturated heterocycles. The number of nitrogens with zero attached hydrogens (tertiary/aromatic N) is 1. The lowest BCUT2D eigenvalue weighted by atomic mass is 10.2. The second kappa shape index (κ2) is 10.5. The minimum atomic E-state index is -0.571. The Bertz CT molecular complexity index is 900. The quantitative estimate of drug-likeness (QED) is 0.650. The SMILES string of the molecule is C=C1COCCN1c1ccc(NC(=O)O[C@H](CC)CNC(=O)c2ccc(Cl)s2)cc1. The van der Waals surface area contributed by atoms with Gasteiger partial charge in [-0.25, -0.2) is 4.79 Å². The van der Waals surface area contributed by atoms with Crippen LogP contribution in [0.2, 0.25) is 4.34 Å². The van der Waals surface area contributed by atoms with Gasteiger partial charge in [0.15, 0.2) is 0 Å². The molecule has 3 rings (SSSR count). The second-order valence-electron chi connectivity index (χ2n) is 6.69. The lowest BCUT2D eigenvalue weighted by Crippen LogP contribution is -2.35. The van der Waals surface area contributed by atoms with E-state index >= 15 is 0 Å². The summed E-state index contributed by atoms with van der Waals surface area (Å²) in [6.45, 7) is 8.03. The predicted molar refractivity (Wildman–Crippen MR) is 120 cm³/mol. The van der Waals surface area contributed by atoms with Crippen molar-refractivity contribution in [1.82, 2.24) is 5.32 Å². The summed E-state index contributed by atoms with van der Waals surface area (Å²) in [6.07, 6.45) is -0.448. The van der Waals surface area contributed by atoms with Crippen molar-refractivity contribution in [3.05, 3.63) is 57.9 Å². The summed E-state index contributed by atoms with van der Waals surface area (Å²) in [5.74, 6) is -0.241. The number of halogens is 1. The van der Waals surface area contributed by atoms with Crippen LogP contribution in [0.25, 0.3) is 0 Å². The molecule has 2 amide bonds. The molecule has 0 unspecified atom stereocenters. The molecule has 1 aromatic heterocycles. The molecule has 1 aromatic carbocycles. The molecule has 2 aromatic rings. The summed E-state index contributed by atoms with van der Waals surface area (Å²) in [7, 11) is 0. The number of carbonyl (C=O) groups excluding carboxylic acids is 2. The van der Waals surface area contributed by atoms with E-state index in [0.29, 0.717) is 34.5 Å². The minimum Gasteiger partial charge on any atom is -0.444 e. The van der Waals surface area contributed by atoms with E-state index in [1.165, 1.54) is 11.3 Å². The van der Waals surface area contributed by atoms with Crippen LogP contribution in [0, 0.1) is 0 Å². The Balaban J connectivity index is 1.48. The molecule has 1 fully saturated rings. The van der Waals surface area contributed by atoms with E-state index < -0.39 is 12.2 Å². The standard InChI is InChI=1S/C21H24ClN3O4S/c1-3-17(12-23-20(26)18-8-9-19(22)30-18)29-21(27)24-15-4-6-16(7-5-15)25-10-11-28-13-14(25)2/h4-9,17H,2-3,10-13H2,1H3,(H,23,26)(H,24,27)/t17-/m1/s1. The monoisotopic (exact) mass is 449 g/mol. The highest BCUT2D eigenvalue weighted by Crippen LogP contribution is 2.23. The van der Waals surface area contributed by atoms with E-state index in [2.05, 4.69) is 22.1 Å². The number of anilines is 2. The van der Waals surface area contributed by atoms with Crippen molar-refractivity contribution in [2.45, 2.75) is 19.4 Å². The first-order valence-electron chi connectivity index (χ1n) is 9.60. The molecule has 0 saturated carbocycles. The Morgan fingerprint density at radius 3 is 2.70 bits per heavy atom. The van der Waals surface area contributed by atoms with Crippen LogP contribution < -0.4 is 15.5 Å². The topological polar surface area (TPSA) is 79.9 Å². The van der Waals surface area contributed by atoms with Crippen LogP contribution in [-0.4, -0.2) is 44.4 Å². The van der Waals surface area contributed by atoms with E-state index in [-0.39, 0.29) is 12.5 Å². The highest BCUT2D eigenvalue weighted by molar-refractivity contribution is 7.17. The molecule has 1 aliphatic heterocycles. The van der Waals surface area contributed by atoms with E-state index in [9.17, 15) is 9.59 Å². The van der Waals surface area contributed by atoms with Gasteiger partial charge in [-0.15, -0.1) is 11.3 Å². The van der Waals surface area contributed by atoms with Gasteiger partial charge in [0.1, 0.15) is 6.10 Å². The zero-order valence-corrected chi connectivity index (χ0v) is 18.2. The third kappa shape index (κ3) is 5.98. The smallest absolute Gasteiger partial charge is 0.411 e. The van der Waals surface area contributed by atoms with Gasteiger partial charge in [-0.05, 0) is 42.8 Å². The molecule has 2 N–H and O–H groups in total. The number of benzene rings is 1. The summed E-state index contributed by atoms with van der Waals surface area (Å²) >= 11 is 7.05. The third-order valence-electron chi connectivity index (χ3n) is 4.55. The number of nitrogens with one attached hydrogen (secondary N) is 2. The Morgan fingerprint density at radius 2 is 2.07 bits per heavy atom. The summed E-state index contributed by atoms with van der Waals surface area (Å²) in [6, 6.07) is 10.8. The van der Waals surface area contributed by atoms with Gasteiger partial charge in [0.2, 0.25) is 0 Å². The molecule has 2 heterocycles. The fraction of sp³-hybridized carbons (Fsp3) is 0.333. The van der Waals surface area contributed by atoms with Crippen LogP contribution in [0.1, 0.15) is 23.0 Å². The lowest BCUT2D eigenvalue weighted by Gasteiger charge is -2.31. The first-order chi connectivity index (χ1) is 14.5. The Kier molecular flexibility index (Phi) is 7.73. The molecular formula is C21H24ClN3O4S. The third-order valence-corrected chi connectivity index (χ3v) is 5.78. The van der Waals surface area contributed by atoms with Crippen LogP contribution in [-0.2, 0) is 9.47 Å². The van der Waals surface area contributed by atoms with Crippen LogP contribution in [0.5, 0.6) is 0 Å². The second-order valence-corrected chi connectivity index (χ2v) is 8.41. The Labute approximate surface area is 184 Å². The normalized spacial score (nSPS) is 14.9. The van der Waals surface area contributed by atoms with Crippen LogP contribution in [0.3, 0.4) is 0 Å². The average molecular weight is 450 g/mol. The van der Waals surface area contributed by atoms with E-state index in [0.717, 1.165) is 17.9 Å². The average Bonchev–Trinajstić information content (AvgIpc) is 3.18. The maximum atomic E-state index is 12.2. The van der Waals surface area contributed by atoms with Gasteiger partial charge in [-0.1, -0.05) is 25.1 Å². The maximum absolute atomic E-state index is 12.2. The lowest BCUT2D eigenvalue weighted by molar-refractivity contribution is 0.0864. The fourth-order valence-corrected chi connectivity index (χ4v) is 3.88. The number of morpholine rings is 1. The zero-order chi connectivity index (χ0) is 21.5. The van der Waals surface area contributed by atoms with Gasteiger partial charge in [0.25, 0.3) is 5.91 Å². The first kappa shape index (κ1) is 22.1. The number of hydrogen-bond acceptors (Lipinski definition) is 6. The van der Waals surface area contributed by atoms with E-state index in [1.54, 1.807) is 12.1 Å². The van der Waals surface area contributed by atoms with E-state index in [4.69, 9.17) is 21.1 Å². The molecule has 9 heteroatoms. The summed E-state index contributed by atoms with van der Waals surface area (Å²) in [4.78, 5) is 26.9. The molecule has 0 radical (unpaired) electrons. The summed E-state index contributed by atoms with van der Waals surface area (Å²) in [5, 5.41) is 5.48. The summed E-state index contributed by atoms with van der Waals surface area (Å²) in [5.41, 5.74) is 2.51. The molecule has 0 spiro atoms. The van der Waals surface area contributed by atoms with Crippen molar-refractivity contribution in [2.24, 2.45) is 0 Å². The number of carbonyl (C=O) groups is 2. The zero-order valence-electron chi connectivity index (χ0n) is 16.7. The number of hydrogen-bond donors (Lipinski definition) is 2. The highest BCUT2D eigenvalue weighted by Gasteiger charge is 2.17. The van der Waals surface area contributed by atoms with Crippen LogP contribution in [0.4, 0.5) is 16.2 Å². The predicted octanol–water partition coefficient (Wildman–Crippen LogP) is 4.51. The van der Waals surface area contributed by atoms with Gasteiger partial charge in [-0.3, -0.25) is 10.1 Å². The fourth-order valence-electron chi connectivity index (χ4n) is 2.92. The van der Waals surface area contributed by atoms with Crippen molar-refractivity contribution < 1.29 is 19.1 Å². The van der Waals surface area contributed by atoms with Gasteiger partial charge < -0.3 is 19.7 Å². The molecule has 0 aliphatic carbocycles. The molecule has 1 aliphatic rings. The van der Waals surface area contributed by atoms with Crippen molar-refractivity contribution in [3.8, 4) is 0 Å². The number of rotatable bonds is 7. The largest absolute Gasteiger partial charge is 0.444 e. The Morgan fingerprint density at radius 1 is 1.30 bits per heavy atom. The number of amides is 2. The van der Waals surface area contributed by atoms with Crippen molar-refractivity contribution >= 4 is 46.3 Å². The highest BCUT2D eigenvalue weighted by atomic mass is 35.5. The van der Waals surface area contributed by atoms with Crippen molar-refractivity contribution in [3.63, 3.8) is 0 Å². The maximum Gasteiger partial charge on any atom is 0.411 e. The molecule has 7 nitrogen and oxygen atoms in total. The number of thiophene rings is 1. The van der Waals surface area contributed by atoms with Gasteiger partial charge in [0, 0.05) is 23.6 Å². The molecular weight excluding hydrogens is 426 g/mol. The Hall–Kier alpha value is -2.55. The minimum absolute atomic E-state index is 0.219. The molecule has 1 atom stereocenters. The van der Waals surface area contributed by atoms with Crippen molar-refractivity contribution in [1.29, 1.82) is 0 Å². The van der Waals surface area contributed by atoms with Crippen LogP contribution >= 0.6 is 22.9 Å². The van der Waals surface area contributed by atoms with Crippen LogP contribution in [0.15, 0.2) is 48.7 Å². The molecule has 0 bridgehead atoms. The first-order valence-corrected chi connectivity index (χ1v) is 10.8. The van der Waals surface area contributed by atoms with Gasteiger partial charge in [0.05, 0.1) is 29.0 Å². The van der Waals surface area contributed by atoms with Gasteiger partial charge >= 0.3 is 6.09 Å². The molecule has 30 heavy (non-hydrogen) atoms. The number of ether oxygens (including phenoxy) is 2.